The van der Waals surface area contributed by atoms with Gasteiger partial charge in [-0.25, -0.2) is 0 Å². The van der Waals surface area contributed by atoms with E-state index in [2.05, 4.69) is 62.5 Å². The van der Waals surface area contributed by atoms with Crippen LogP contribution in [-0.4, -0.2) is 12.5 Å². The molecule has 2 rings (SSSR count). The van der Waals surface area contributed by atoms with Crippen molar-refractivity contribution in [3.63, 3.8) is 0 Å². The molecule has 2 nitrogen and oxygen atoms in total. The number of carbonyl (C=O) groups is 1. The Kier molecular flexibility index (Phi) is 8.76. The number of carbonyl (C=O) groups excluding carboxylic acids is 1. The van der Waals surface area contributed by atoms with Gasteiger partial charge in [-0.2, -0.15) is 0 Å². The molecule has 0 aromatic heterocycles. The normalized spacial score (nSPS) is 12.0. The molecule has 2 aromatic rings. The van der Waals surface area contributed by atoms with Crippen LogP contribution in [0.25, 0.3) is 0 Å². The highest BCUT2D eigenvalue weighted by atomic mass is 32.2. The van der Waals surface area contributed by atoms with E-state index in [1.54, 1.807) is 0 Å². The lowest BCUT2D eigenvalue weighted by atomic mass is 9.99. The molecule has 0 radical (unpaired) electrons. The summed E-state index contributed by atoms with van der Waals surface area (Å²) in [6.45, 7) is 7.29. The zero-order chi connectivity index (χ0) is 18.8. The smallest absolute Gasteiger partial charge is 0.251 e. The molecule has 0 heterocycles. The van der Waals surface area contributed by atoms with Crippen molar-refractivity contribution in [2.45, 2.75) is 57.1 Å². The Labute approximate surface area is 162 Å². The fourth-order valence-corrected chi connectivity index (χ4v) is 3.69. The highest BCUT2D eigenvalue weighted by Gasteiger charge is 2.10. The molecule has 1 amide bonds. The number of nitrogens with one attached hydrogen (secondary N) is 1. The second kappa shape index (κ2) is 11.1. The maximum absolute atomic E-state index is 12.3. The fraction of sp³-hybridized carbons (Fsp3) is 0.435. The van der Waals surface area contributed by atoms with E-state index >= 15 is 0 Å². The van der Waals surface area contributed by atoms with Crippen molar-refractivity contribution in [2.75, 3.05) is 6.54 Å². The van der Waals surface area contributed by atoms with Gasteiger partial charge in [0.2, 0.25) is 0 Å². The number of benzene rings is 2. The third kappa shape index (κ3) is 6.87. The molecule has 3 heteroatoms. The van der Waals surface area contributed by atoms with Gasteiger partial charge < -0.3 is 5.32 Å². The van der Waals surface area contributed by atoms with Gasteiger partial charge in [0.05, 0.1) is 0 Å². The van der Waals surface area contributed by atoms with Crippen molar-refractivity contribution in [3.8, 4) is 0 Å². The van der Waals surface area contributed by atoms with Crippen LogP contribution < -0.4 is 5.32 Å². The van der Waals surface area contributed by atoms with Gasteiger partial charge in [-0.1, -0.05) is 62.9 Å². The van der Waals surface area contributed by atoms with Crippen LogP contribution in [0.2, 0.25) is 0 Å². The molecule has 0 aliphatic rings. The minimum absolute atomic E-state index is 0.0395. The Morgan fingerprint density at radius 3 is 2.35 bits per heavy atom. The quantitative estimate of drug-likeness (QED) is 0.503. The van der Waals surface area contributed by atoms with Crippen LogP contribution in [0.1, 0.15) is 61.0 Å². The van der Waals surface area contributed by atoms with E-state index in [1.807, 2.05) is 23.9 Å². The Bertz CT molecular complexity index is 664. The van der Waals surface area contributed by atoms with Gasteiger partial charge in [-0.15, -0.1) is 11.8 Å². The molecule has 0 fully saturated rings. The number of thioether (sulfide) groups is 1. The summed E-state index contributed by atoms with van der Waals surface area (Å²) in [7, 11) is 0. The zero-order valence-corrected chi connectivity index (χ0v) is 17.1. The Morgan fingerprint density at radius 1 is 1.04 bits per heavy atom. The molecule has 0 bridgehead atoms. The molecular formula is C23H31NOS. The molecule has 0 aliphatic heterocycles. The van der Waals surface area contributed by atoms with Crippen LogP contribution in [0.15, 0.2) is 53.4 Å². The fourth-order valence-electron chi connectivity index (χ4n) is 2.84. The van der Waals surface area contributed by atoms with Crippen LogP contribution in [0.4, 0.5) is 0 Å². The summed E-state index contributed by atoms with van der Waals surface area (Å²) >= 11 is 1.82. The summed E-state index contributed by atoms with van der Waals surface area (Å²) in [6, 6.07) is 16.6. The zero-order valence-electron chi connectivity index (χ0n) is 16.3. The summed E-state index contributed by atoms with van der Waals surface area (Å²) in [5.41, 5.74) is 3.27. The monoisotopic (exact) mass is 369 g/mol. The average Bonchev–Trinajstić information content (AvgIpc) is 2.68. The van der Waals surface area contributed by atoms with Gasteiger partial charge in [0.1, 0.15) is 0 Å². The first-order chi connectivity index (χ1) is 12.6. The van der Waals surface area contributed by atoms with E-state index in [0.29, 0.717) is 5.92 Å². The van der Waals surface area contributed by atoms with Crippen LogP contribution in [-0.2, 0) is 5.75 Å². The Morgan fingerprint density at radius 2 is 1.73 bits per heavy atom. The minimum atomic E-state index is 0.0395. The third-order valence-electron chi connectivity index (χ3n) is 4.74. The first-order valence-electron chi connectivity index (χ1n) is 9.69. The summed E-state index contributed by atoms with van der Waals surface area (Å²) in [5.74, 6) is 1.54. The summed E-state index contributed by atoms with van der Waals surface area (Å²) in [6.07, 6.45) is 4.77. The van der Waals surface area contributed by atoms with E-state index in [4.69, 9.17) is 0 Å². The number of hydrogen-bond acceptors (Lipinski definition) is 2. The molecular weight excluding hydrogens is 338 g/mol. The molecule has 140 valence electrons. The molecule has 2 aromatic carbocycles. The van der Waals surface area contributed by atoms with Crippen LogP contribution in [0.5, 0.6) is 0 Å². The van der Waals surface area contributed by atoms with Gasteiger partial charge >= 0.3 is 0 Å². The summed E-state index contributed by atoms with van der Waals surface area (Å²) in [5, 5.41) is 3.10. The van der Waals surface area contributed by atoms with Crippen LogP contribution in [0, 0.1) is 12.8 Å². The number of amides is 1. The SMILES string of the molecule is CCCCC(CC)CNC(=O)c1ccc(CSc2ccc(C)cc2)cc1. The predicted molar refractivity (Wildman–Crippen MR) is 113 cm³/mol. The van der Waals surface area contributed by atoms with Crippen molar-refractivity contribution in [2.24, 2.45) is 5.92 Å². The molecule has 1 unspecified atom stereocenters. The van der Waals surface area contributed by atoms with Crippen molar-refractivity contribution in [3.05, 3.63) is 65.2 Å². The first kappa shape index (κ1) is 20.6. The van der Waals surface area contributed by atoms with Crippen molar-refractivity contribution < 1.29 is 4.79 Å². The lowest BCUT2D eigenvalue weighted by molar-refractivity contribution is 0.0946. The second-order valence-electron chi connectivity index (χ2n) is 6.93. The summed E-state index contributed by atoms with van der Waals surface area (Å²) in [4.78, 5) is 13.6. The molecule has 1 N–H and O–H groups in total. The topological polar surface area (TPSA) is 29.1 Å². The lowest BCUT2D eigenvalue weighted by Crippen LogP contribution is -2.29. The van der Waals surface area contributed by atoms with Crippen molar-refractivity contribution in [1.82, 2.24) is 5.32 Å². The summed E-state index contributed by atoms with van der Waals surface area (Å²) < 4.78 is 0. The van der Waals surface area contributed by atoms with E-state index in [-0.39, 0.29) is 5.91 Å². The maximum Gasteiger partial charge on any atom is 0.251 e. The number of hydrogen-bond donors (Lipinski definition) is 1. The lowest BCUT2D eigenvalue weighted by Gasteiger charge is -2.15. The molecule has 1 atom stereocenters. The maximum atomic E-state index is 12.3. The third-order valence-corrected chi connectivity index (χ3v) is 5.82. The Hall–Kier alpha value is -1.74. The molecule has 0 saturated heterocycles. The van der Waals surface area contributed by atoms with Gasteiger partial charge in [-0.3, -0.25) is 4.79 Å². The molecule has 26 heavy (non-hydrogen) atoms. The van der Waals surface area contributed by atoms with Crippen LogP contribution in [0.3, 0.4) is 0 Å². The van der Waals surface area contributed by atoms with Gasteiger partial charge in [0, 0.05) is 22.8 Å². The number of aryl methyl sites for hydroxylation is 1. The predicted octanol–water partition coefficient (Wildman–Crippen LogP) is 6.23. The van der Waals surface area contributed by atoms with E-state index in [0.717, 1.165) is 24.3 Å². The standard InChI is InChI=1S/C23H31NOS/c1-4-6-7-19(5-2)16-24-23(25)21-12-10-20(11-13-21)17-26-22-14-8-18(3)9-15-22/h8-15,19H,4-7,16-17H2,1-3H3,(H,24,25). The Balaban J connectivity index is 1.81. The minimum Gasteiger partial charge on any atom is -0.352 e. The first-order valence-corrected chi connectivity index (χ1v) is 10.7. The molecule has 0 saturated carbocycles. The highest BCUT2D eigenvalue weighted by molar-refractivity contribution is 7.98. The van der Waals surface area contributed by atoms with Crippen molar-refractivity contribution >= 4 is 17.7 Å². The largest absolute Gasteiger partial charge is 0.352 e. The number of rotatable bonds is 10. The van der Waals surface area contributed by atoms with E-state index in [1.165, 1.54) is 35.3 Å². The highest BCUT2D eigenvalue weighted by Crippen LogP contribution is 2.23. The van der Waals surface area contributed by atoms with E-state index in [9.17, 15) is 4.79 Å². The van der Waals surface area contributed by atoms with Crippen molar-refractivity contribution in [1.29, 1.82) is 0 Å². The average molecular weight is 370 g/mol. The van der Waals surface area contributed by atoms with Gasteiger partial charge in [0.25, 0.3) is 5.91 Å². The van der Waals surface area contributed by atoms with E-state index < -0.39 is 0 Å². The number of unbranched alkanes of at least 4 members (excludes halogenated alkanes) is 1. The van der Waals surface area contributed by atoms with Gasteiger partial charge in [0.15, 0.2) is 0 Å². The molecule has 0 spiro atoms. The van der Waals surface area contributed by atoms with Gasteiger partial charge in [-0.05, 0) is 49.1 Å². The molecule has 0 aliphatic carbocycles. The van der Waals surface area contributed by atoms with Crippen LogP contribution >= 0.6 is 11.8 Å². The second-order valence-corrected chi connectivity index (χ2v) is 7.97.